The summed E-state index contributed by atoms with van der Waals surface area (Å²) in [5, 5.41) is 17.9. The molecule has 0 radical (unpaired) electrons. The zero-order valence-electron chi connectivity index (χ0n) is 31.5. The maximum atomic E-state index is 8.95. The molecule has 0 saturated carbocycles. The van der Waals surface area contributed by atoms with Gasteiger partial charge in [-0.25, -0.2) is 0 Å². The van der Waals surface area contributed by atoms with Crippen molar-refractivity contribution in [2.24, 2.45) is 0 Å². The highest BCUT2D eigenvalue weighted by Gasteiger charge is 2.18. The van der Waals surface area contributed by atoms with Crippen LogP contribution in [0.3, 0.4) is 0 Å². The Balaban J connectivity index is 4.54. The first-order valence-electron chi connectivity index (χ1n) is 20.5. The lowest BCUT2D eigenvalue weighted by atomic mass is 10.0. The predicted octanol–water partition coefficient (Wildman–Crippen LogP) is 9.97. The molecular formula is C40H82O7. The van der Waals surface area contributed by atoms with Gasteiger partial charge in [0.2, 0.25) is 0 Å². The molecule has 0 aromatic heterocycles. The van der Waals surface area contributed by atoms with Gasteiger partial charge in [0.25, 0.3) is 0 Å². The summed E-state index contributed by atoms with van der Waals surface area (Å²) >= 11 is 0. The first-order chi connectivity index (χ1) is 23.3. The molecule has 0 saturated heterocycles. The molecular weight excluding hydrogens is 592 g/mol. The standard InChI is InChI=1S/C40H82O7/c1-3-5-7-9-11-13-15-17-19-21-23-25-27-39(37-45-35-33-43-31-29-41)47-40(38-46-36-34-44-32-30-42)28-26-24-22-20-18-16-14-12-10-8-6-4-2/h39-42H,3-38H2,1-2H3. The average molecular weight is 675 g/mol. The van der Waals surface area contributed by atoms with E-state index in [-0.39, 0.29) is 25.4 Å². The monoisotopic (exact) mass is 675 g/mol. The van der Waals surface area contributed by atoms with Crippen LogP contribution in [0, 0.1) is 0 Å². The van der Waals surface area contributed by atoms with Gasteiger partial charge in [-0.1, -0.05) is 168 Å². The van der Waals surface area contributed by atoms with Crippen molar-refractivity contribution >= 4 is 0 Å². The Labute approximate surface area is 292 Å². The number of rotatable bonds is 42. The minimum Gasteiger partial charge on any atom is -0.394 e. The van der Waals surface area contributed by atoms with Crippen molar-refractivity contribution in [3.8, 4) is 0 Å². The summed E-state index contributed by atoms with van der Waals surface area (Å²) in [6.07, 6.45) is 34.4. The van der Waals surface area contributed by atoms with Crippen LogP contribution in [-0.2, 0) is 23.7 Å². The van der Waals surface area contributed by atoms with Crippen molar-refractivity contribution in [2.75, 3.05) is 66.1 Å². The molecule has 7 nitrogen and oxygen atoms in total. The van der Waals surface area contributed by atoms with Crippen LogP contribution in [0.2, 0.25) is 0 Å². The van der Waals surface area contributed by atoms with Gasteiger partial charge in [-0.2, -0.15) is 0 Å². The van der Waals surface area contributed by atoms with Crippen molar-refractivity contribution in [1.82, 2.24) is 0 Å². The van der Waals surface area contributed by atoms with Crippen LogP contribution in [0.25, 0.3) is 0 Å². The van der Waals surface area contributed by atoms with Crippen molar-refractivity contribution in [3.05, 3.63) is 0 Å². The highest BCUT2D eigenvalue weighted by molar-refractivity contribution is 4.66. The molecule has 0 rings (SSSR count). The van der Waals surface area contributed by atoms with E-state index in [1.54, 1.807) is 0 Å². The third-order valence-electron chi connectivity index (χ3n) is 8.97. The lowest BCUT2D eigenvalue weighted by Gasteiger charge is -2.25. The van der Waals surface area contributed by atoms with Gasteiger partial charge in [-0.15, -0.1) is 0 Å². The summed E-state index contributed by atoms with van der Waals surface area (Å²) in [4.78, 5) is 0. The van der Waals surface area contributed by atoms with E-state index in [0.29, 0.717) is 52.9 Å². The fourth-order valence-electron chi connectivity index (χ4n) is 6.08. The molecule has 0 bridgehead atoms. The van der Waals surface area contributed by atoms with E-state index in [1.807, 2.05) is 0 Å². The Morgan fingerprint density at radius 1 is 0.340 bits per heavy atom. The summed E-state index contributed by atoms with van der Waals surface area (Å²) in [5.41, 5.74) is 0. The zero-order valence-corrected chi connectivity index (χ0v) is 31.5. The second kappa shape index (κ2) is 41.9. The normalized spacial score (nSPS) is 13.0. The molecule has 0 aliphatic carbocycles. The van der Waals surface area contributed by atoms with Crippen LogP contribution in [0.5, 0.6) is 0 Å². The molecule has 0 aliphatic rings. The first kappa shape index (κ1) is 46.7. The van der Waals surface area contributed by atoms with E-state index in [0.717, 1.165) is 25.7 Å². The molecule has 47 heavy (non-hydrogen) atoms. The maximum Gasteiger partial charge on any atom is 0.0813 e. The van der Waals surface area contributed by atoms with E-state index in [4.69, 9.17) is 33.9 Å². The van der Waals surface area contributed by atoms with Crippen molar-refractivity contribution in [2.45, 2.75) is 193 Å². The third kappa shape index (κ3) is 38.4. The molecule has 0 aliphatic heterocycles. The van der Waals surface area contributed by atoms with Crippen LogP contribution in [0.15, 0.2) is 0 Å². The van der Waals surface area contributed by atoms with Crippen LogP contribution in [0.1, 0.15) is 181 Å². The van der Waals surface area contributed by atoms with E-state index in [1.165, 1.54) is 141 Å². The van der Waals surface area contributed by atoms with Gasteiger partial charge in [0.05, 0.1) is 78.3 Å². The Morgan fingerprint density at radius 3 is 0.915 bits per heavy atom. The van der Waals surface area contributed by atoms with Crippen LogP contribution >= 0.6 is 0 Å². The number of aliphatic hydroxyl groups is 2. The van der Waals surface area contributed by atoms with Gasteiger partial charge < -0.3 is 33.9 Å². The van der Waals surface area contributed by atoms with Crippen molar-refractivity contribution < 1.29 is 33.9 Å². The second-order valence-corrected chi connectivity index (χ2v) is 13.6. The van der Waals surface area contributed by atoms with Crippen LogP contribution in [0.4, 0.5) is 0 Å². The summed E-state index contributed by atoms with van der Waals surface area (Å²) in [6, 6.07) is 0. The fourth-order valence-corrected chi connectivity index (χ4v) is 6.08. The Kier molecular flexibility index (Phi) is 41.6. The van der Waals surface area contributed by atoms with E-state index in [2.05, 4.69) is 13.8 Å². The van der Waals surface area contributed by atoms with Gasteiger partial charge >= 0.3 is 0 Å². The first-order valence-corrected chi connectivity index (χ1v) is 20.5. The SMILES string of the molecule is CCCCCCCCCCCCCCC(COCCOCCO)OC(CCCCCCCCCCCCCC)COCCOCCO. The molecule has 2 unspecified atom stereocenters. The van der Waals surface area contributed by atoms with Gasteiger partial charge in [-0.3, -0.25) is 0 Å². The molecule has 0 aromatic rings. The third-order valence-corrected chi connectivity index (χ3v) is 8.97. The van der Waals surface area contributed by atoms with Gasteiger partial charge in [0.1, 0.15) is 0 Å². The molecule has 7 heteroatoms. The number of hydrogen-bond acceptors (Lipinski definition) is 7. The van der Waals surface area contributed by atoms with Gasteiger partial charge in [0.15, 0.2) is 0 Å². The lowest BCUT2D eigenvalue weighted by Crippen LogP contribution is -2.30. The number of unbranched alkanes of at least 4 members (excludes halogenated alkanes) is 22. The number of aliphatic hydroxyl groups excluding tert-OH is 2. The van der Waals surface area contributed by atoms with Gasteiger partial charge in [0, 0.05) is 0 Å². The molecule has 0 amide bonds. The second-order valence-electron chi connectivity index (χ2n) is 13.6. The van der Waals surface area contributed by atoms with Crippen molar-refractivity contribution in [1.29, 1.82) is 0 Å². The van der Waals surface area contributed by atoms with Crippen LogP contribution in [-0.4, -0.2) is 88.5 Å². The Bertz CT molecular complexity index is 505. The van der Waals surface area contributed by atoms with E-state index < -0.39 is 0 Å². The van der Waals surface area contributed by atoms with E-state index >= 15 is 0 Å². The molecule has 0 heterocycles. The average Bonchev–Trinajstić information content (AvgIpc) is 3.08. The molecule has 2 N–H and O–H groups in total. The summed E-state index contributed by atoms with van der Waals surface area (Å²) in [6.45, 7) is 8.48. The number of hydrogen-bond donors (Lipinski definition) is 2. The highest BCUT2D eigenvalue weighted by atomic mass is 16.6. The Hall–Kier alpha value is -0.280. The fraction of sp³-hybridized carbons (Fsp3) is 1.00. The number of ether oxygens (including phenoxy) is 5. The summed E-state index contributed by atoms with van der Waals surface area (Å²) in [5.74, 6) is 0. The minimum atomic E-state index is 0.0382. The van der Waals surface area contributed by atoms with Crippen molar-refractivity contribution in [3.63, 3.8) is 0 Å². The molecule has 284 valence electrons. The minimum absolute atomic E-state index is 0.0382. The predicted molar refractivity (Wildman–Crippen MR) is 197 cm³/mol. The largest absolute Gasteiger partial charge is 0.394 e. The maximum absolute atomic E-state index is 8.95. The zero-order chi connectivity index (χ0) is 34.1. The van der Waals surface area contributed by atoms with Crippen LogP contribution < -0.4 is 0 Å². The summed E-state index contributed by atoms with van der Waals surface area (Å²) < 4.78 is 29.4. The van der Waals surface area contributed by atoms with E-state index in [9.17, 15) is 0 Å². The smallest absolute Gasteiger partial charge is 0.0813 e. The highest BCUT2D eigenvalue weighted by Crippen LogP contribution is 2.18. The quantitative estimate of drug-likeness (QED) is 0.0623. The summed E-state index contributed by atoms with van der Waals surface area (Å²) in [7, 11) is 0. The molecule has 0 fully saturated rings. The molecule has 2 atom stereocenters. The topological polar surface area (TPSA) is 86.6 Å². The molecule has 0 aromatic carbocycles. The molecule has 0 spiro atoms. The van der Waals surface area contributed by atoms with Gasteiger partial charge in [-0.05, 0) is 12.8 Å². The Morgan fingerprint density at radius 2 is 0.617 bits per heavy atom. The lowest BCUT2D eigenvalue weighted by molar-refractivity contribution is -0.0991.